The van der Waals surface area contributed by atoms with Crippen LogP contribution in [0.3, 0.4) is 0 Å². The minimum absolute atomic E-state index is 1.16. The zero-order valence-electron chi connectivity index (χ0n) is 8.67. The maximum Gasteiger partial charge on any atom is 0.0298 e. The molecule has 0 unspecified atom stereocenters. The van der Waals surface area contributed by atoms with Crippen LogP contribution in [0.2, 0.25) is 0 Å². The molecule has 0 saturated heterocycles. The Balaban J connectivity index is 2.82. The van der Waals surface area contributed by atoms with Crippen LogP contribution in [0.4, 0.5) is 0 Å². The van der Waals surface area contributed by atoms with Gasteiger partial charge in [0.1, 0.15) is 0 Å². The number of nitrogens with zero attached hydrogens (tertiary/aromatic N) is 1. The molecule has 1 aliphatic rings. The van der Waals surface area contributed by atoms with Gasteiger partial charge in [0.2, 0.25) is 0 Å². The molecule has 1 nitrogen and oxygen atoms in total. The lowest BCUT2D eigenvalue weighted by Crippen LogP contribution is -1.93. The fourth-order valence-corrected chi connectivity index (χ4v) is 1.53. The summed E-state index contributed by atoms with van der Waals surface area (Å²) in [6, 6.07) is 0. The summed E-state index contributed by atoms with van der Waals surface area (Å²) in [7, 11) is 0. The van der Waals surface area contributed by atoms with Crippen molar-refractivity contribution in [1.29, 1.82) is 0 Å². The van der Waals surface area contributed by atoms with E-state index in [0.29, 0.717) is 0 Å². The van der Waals surface area contributed by atoms with Crippen molar-refractivity contribution in [3.63, 3.8) is 0 Å². The number of allylic oxidation sites excluding steroid dienone is 5. The standard InChI is InChI=1S/C12H17N/c1-4-13-9-11(3)12-8-6-5-7-10(12)2/h4,7-9H,5-6H2,1-3H3/b11-9+,13-4?. The molecule has 0 aromatic rings. The van der Waals surface area contributed by atoms with Gasteiger partial charge in [0, 0.05) is 12.4 Å². The summed E-state index contributed by atoms with van der Waals surface area (Å²) < 4.78 is 0. The average Bonchev–Trinajstić information content (AvgIpc) is 2.15. The number of hydrogen-bond acceptors (Lipinski definition) is 1. The fourth-order valence-electron chi connectivity index (χ4n) is 1.53. The monoisotopic (exact) mass is 175 g/mol. The highest BCUT2D eigenvalue weighted by molar-refractivity contribution is 5.55. The Hall–Kier alpha value is -1.11. The molecule has 0 atom stereocenters. The van der Waals surface area contributed by atoms with Crippen molar-refractivity contribution in [2.24, 2.45) is 4.99 Å². The maximum absolute atomic E-state index is 4.13. The first kappa shape index (κ1) is 9.97. The lowest BCUT2D eigenvalue weighted by molar-refractivity contribution is 0.991. The summed E-state index contributed by atoms with van der Waals surface area (Å²) in [4.78, 5) is 4.13. The molecule has 0 bridgehead atoms. The maximum atomic E-state index is 4.13. The van der Waals surface area contributed by atoms with Gasteiger partial charge < -0.3 is 0 Å². The summed E-state index contributed by atoms with van der Waals surface area (Å²) in [6.45, 7) is 6.21. The second-order valence-electron chi connectivity index (χ2n) is 3.30. The lowest BCUT2D eigenvalue weighted by atomic mass is 9.94. The Morgan fingerprint density at radius 2 is 2.08 bits per heavy atom. The highest BCUT2D eigenvalue weighted by Crippen LogP contribution is 2.24. The molecular formula is C12H17N. The zero-order valence-corrected chi connectivity index (χ0v) is 8.67. The van der Waals surface area contributed by atoms with Crippen LogP contribution >= 0.6 is 0 Å². The number of rotatable bonds is 2. The van der Waals surface area contributed by atoms with Crippen molar-refractivity contribution in [3.05, 3.63) is 35.1 Å². The first-order valence-corrected chi connectivity index (χ1v) is 4.78. The molecule has 0 amide bonds. The zero-order chi connectivity index (χ0) is 9.68. The second kappa shape index (κ2) is 4.80. The van der Waals surface area contributed by atoms with Gasteiger partial charge in [-0.15, -0.1) is 0 Å². The lowest BCUT2D eigenvalue weighted by Gasteiger charge is -2.12. The summed E-state index contributed by atoms with van der Waals surface area (Å²) in [5, 5.41) is 0. The molecule has 0 heterocycles. The Morgan fingerprint density at radius 1 is 1.38 bits per heavy atom. The SMILES string of the molecule is CC=N/C=C(\C)C1=CCCC=C1C. The van der Waals surface area contributed by atoms with Crippen LogP contribution in [-0.4, -0.2) is 6.21 Å². The molecule has 0 saturated carbocycles. The van der Waals surface area contributed by atoms with Crippen LogP contribution in [0.5, 0.6) is 0 Å². The molecule has 1 rings (SSSR count). The third-order valence-electron chi connectivity index (χ3n) is 2.23. The Labute approximate surface area is 80.6 Å². The van der Waals surface area contributed by atoms with Gasteiger partial charge >= 0.3 is 0 Å². The molecule has 0 N–H and O–H groups in total. The molecule has 0 spiro atoms. The predicted molar refractivity (Wildman–Crippen MR) is 59.0 cm³/mol. The molecule has 1 aliphatic carbocycles. The van der Waals surface area contributed by atoms with Crippen LogP contribution in [0, 0.1) is 0 Å². The van der Waals surface area contributed by atoms with E-state index in [-0.39, 0.29) is 0 Å². The molecule has 0 aromatic carbocycles. The van der Waals surface area contributed by atoms with E-state index in [2.05, 4.69) is 31.0 Å². The average molecular weight is 175 g/mol. The summed E-state index contributed by atoms with van der Waals surface area (Å²) >= 11 is 0. The van der Waals surface area contributed by atoms with Crippen LogP contribution in [0.15, 0.2) is 40.1 Å². The van der Waals surface area contributed by atoms with Crippen molar-refractivity contribution >= 4 is 6.21 Å². The van der Waals surface area contributed by atoms with E-state index in [9.17, 15) is 0 Å². The van der Waals surface area contributed by atoms with Crippen LogP contribution in [-0.2, 0) is 0 Å². The molecule has 13 heavy (non-hydrogen) atoms. The van der Waals surface area contributed by atoms with E-state index >= 15 is 0 Å². The van der Waals surface area contributed by atoms with Crippen LogP contribution < -0.4 is 0 Å². The number of aliphatic imine (C=N–C) groups is 1. The third kappa shape index (κ3) is 2.69. The van der Waals surface area contributed by atoms with Gasteiger partial charge in [-0.2, -0.15) is 0 Å². The van der Waals surface area contributed by atoms with Crippen molar-refractivity contribution in [2.45, 2.75) is 33.6 Å². The van der Waals surface area contributed by atoms with Gasteiger partial charge in [-0.05, 0) is 50.3 Å². The largest absolute Gasteiger partial charge is 0.269 e. The Morgan fingerprint density at radius 3 is 2.69 bits per heavy atom. The fraction of sp³-hybridized carbons (Fsp3) is 0.417. The first-order chi connectivity index (χ1) is 6.25. The van der Waals surface area contributed by atoms with Gasteiger partial charge in [0.25, 0.3) is 0 Å². The molecule has 0 aliphatic heterocycles. The van der Waals surface area contributed by atoms with Crippen molar-refractivity contribution in [2.75, 3.05) is 0 Å². The van der Waals surface area contributed by atoms with Crippen molar-refractivity contribution in [1.82, 2.24) is 0 Å². The van der Waals surface area contributed by atoms with E-state index in [1.165, 1.54) is 23.1 Å². The van der Waals surface area contributed by atoms with Crippen LogP contribution in [0.25, 0.3) is 0 Å². The molecular weight excluding hydrogens is 158 g/mol. The minimum atomic E-state index is 1.16. The van der Waals surface area contributed by atoms with E-state index in [4.69, 9.17) is 0 Å². The molecule has 0 radical (unpaired) electrons. The normalized spacial score (nSPS) is 18.8. The molecule has 1 heteroatoms. The molecule has 0 fully saturated rings. The van der Waals surface area contributed by atoms with E-state index in [1.807, 2.05) is 19.3 Å². The third-order valence-corrected chi connectivity index (χ3v) is 2.23. The molecule has 70 valence electrons. The van der Waals surface area contributed by atoms with Crippen molar-refractivity contribution < 1.29 is 0 Å². The van der Waals surface area contributed by atoms with Gasteiger partial charge in [-0.3, -0.25) is 4.99 Å². The number of hydrogen-bond donors (Lipinski definition) is 0. The van der Waals surface area contributed by atoms with Gasteiger partial charge in [0.05, 0.1) is 0 Å². The van der Waals surface area contributed by atoms with Gasteiger partial charge in [-0.1, -0.05) is 12.2 Å². The molecule has 0 aromatic heterocycles. The predicted octanol–water partition coefficient (Wildman–Crippen LogP) is 3.65. The Bertz CT molecular complexity index is 290. The van der Waals surface area contributed by atoms with Gasteiger partial charge in [-0.25, -0.2) is 0 Å². The van der Waals surface area contributed by atoms with Gasteiger partial charge in [0.15, 0.2) is 0 Å². The summed E-state index contributed by atoms with van der Waals surface area (Å²) in [5.74, 6) is 0. The minimum Gasteiger partial charge on any atom is -0.269 e. The first-order valence-electron chi connectivity index (χ1n) is 4.78. The highest BCUT2D eigenvalue weighted by Gasteiger charge is 2.05. The van der Waals surface area contributed by atoms with E-state index < -0.39 is 0 Å². The van der Waals surface area contributed by atoms with E-state index in [0.717, 1.165) is 6.42 Å². The Kier molecular flexibility index (Phi) is 3.69. The van der Waals surface area contributed by atoms with Crippen LogP contribution in [0.1, 0.15) is 33.6 Å². The van der Waals surface area contributed by atoms with E-state index in [1.54, 1.807) is 0 Å². The smallest absolute Gasteiger partial charge is 0.0298 e. The topological polar surface area (TPSA) is 12.4 Å². The highest BCUT2D eigenvalue weighted by atomic mass is 14.7. The quantitative estimate of drug-likeness (QED) is 0.568. The van der Waals surface area contributed by atoms with Crippen molar-refractivity contribution in [3.8, 4) is 0 Å². The summed E-state index contributed by atoms with van der Waals surface area (Å²) in [6.07, 6.45) is 10.7. The second-order valence-corrected chi connectivity index (χ2v) is 3.30. The summed E-state index contributed by atoms with van der Waals surface area (Å²) in [5.41, 5.74) is 4.00.